The van der Waals surface area contributed by atoms with Gasteiger partial charge in [-0.15, -0.1) is 0 Å². The summed E-state index contributed by atoms with van der Waals surface area (Å²) >= 11 is 0. The highest BCUT2D eigenvalue weighted by atomic mass is 35.5. The van der Waals surface area contributed by atoms with Crippen LogP contribution in [-0.2, 0) is 11.2 Å². The first-order chi connectivity index (χ1) is 10.8. The van der Waals surface area contributed by atoms with Crippen LogP contribution in [0, 0.1) is 0 Å². The number of quaternary nitrogens is 1. The van der Waals surface area contributed by atoms with Crippen molar-refractivity contribution in [1.82, 2.24) is 0 Å². The fraction of sp³-hybridized carbons (Fsp3) is 0.316. The number of halogens is 1. The number of likely N-dealkylation sites (N-methyl/N-ethyl adjacent to an activating group) is 1. The van der Waals surface area contributed by atoms with Crippen LogP contribution in [0.1, 0.15) is 22.3 Å². The fourth-order valence-electron chi connectivity index (χ4n) is 2.32. The van der Waals surface area contributed by atoms with Gasteiger partial charge in [-0.3, -0.25) is 0 Å². The third-order valence-electron chi connectivity index (χ3n) is 3.67. The van der Waals surface area contributed by atoms with Crippen molar-refractivity contribution in [3.63, 3.8) is 0 Å². The molecular formula is C19H24ClNO2. The molecule has 0 heterocycles. The molecule has 4 heteroatoms. The molecule has 2 aromatic rings. The molecule has 0 amide bonds. The number of rotatable bonds is 8. The van der Waals surface area contributed by atoms with Gasteiger partial charge in [0.15, 0.2) is 0 Å². The first-order valence-electron chi connectivity index (χ1n) is 7.83. The number of nitrogens with one attached hydrogen (secondary N) is 1. The zero-order chi connectivity index (χ0) is 15.6. The largest absolute Gasteiger partial charge is 1.00 e. The topological polar surface area (TPSA) is 30.7 Å². The van der Waals surface area contributed by atoms with Crippen LogP contribution in [0.3, 0.4) is 0 Å². The minimum absolute atomic E-state index is 0. The zero-order valence-electron chi connectivity index (χ0n) is 13.5. The lowest BCUT2D eigenvalue weighted by molar-refractivity contribution is -0.879. The molecule has 0 spiro atoms. The van der Waals surface area contributed by atoms with E-state index in [2.05, 4.69) is 31.3 Å². The third-order valence-corrected chi connectivity index (χ3v) is 3.67. The number of hydrogen-bond acceptors (Lipinski definition) is 2. The highest BCUT2D eigenvalue weighted by Crippen LogP contribution is 2.01. The first kappa shape index (κ1) is 19.2. The highest BCUT2D eigenvalue weighted by Gasteiger charge is 2.07. The van der Waals surface area contributed by atoms with E-state index in [0.29, 0.717) is 12.2 Å². The van der Waals surface area contributed by atoms with Crippen LogP contribution >= 0.6 is 0 Å². The average molecular weight is 334 g/mol. The maximum absolute atomic E-state index is 11.8. The maximum Gasteiger partial charge on any atom is 0.338 e. The van der Waals surface area contributed by atoms with E-state index in [1.165, 1.54) is 10.5 Å². The van der Waals surface area contributed by atoms with Crippen molar-refractivity contribution in [3.05, 3.63) is 71.8 Å². The summed E-state index contributed by atoms with van der Waals surface area (Å²) in [5.41, 5.74) is 1.99. The summed E-state index contributed by atoms with van der Waals surface area (Å²) in [7, 11) is 2.18. The summed E-state index contributed by atoms with van der Waals surface area (Å²) < 4.78 is 5.29. The molecule has 124 valence electrons. The molecule has 3 nitrogen and oxygen atoms in total. The van der Waals surface area contributed by atoms with E-state index in [4.69, 9.17) is 4.74 Å². The zero-order valence-corrected chi connectivity index (χ0v) is 14.3. The SMILES string of the molecule is C[NH+](CCCOC(=O)c1ccccc1)CCc1ccccc1.[Cl-]. The summed E-state index contributed by atoms with van der Waals surface area (Å²) in [4.78, 5) is 13.2. The number of benzene rings is 2. The van der Waals surface area contributed by atoms with E-state index in [1.54, 1.807) is 12.1 Å². The summed E-state index contributed by atoms with van der Waals surface area (Å²) in [6.45, 7) is 2.59. The first-order valence-corrected chi connectivity index (χ1v) is 7.83. The summed E-state index contributed by atoms with van der Waals surface area (Å²) in [5.74, 6) is -0.234. The highest BCUT2D eigenvalue weighted by molar-refractivity contribution is 5.89. The summed E-state index contributed by atoms with van der Waals surface area (Å²) in [6.07, 6.45) is 1.97. The number of hydrogen-bond donors (Lipinski definition) is 1. The van der Waals surface area contributed by atoms with Crippen LogP contribution in [-0.4, -0.2) is 32.7 Å². The van der Waals surface area contributed by atoms with Crippen LogP contribution in [0.4, 0.5) is 0 Å². The molecule has 0 radical (unpaired) electrons. The van der Waals surface area contributed by atoms with Crippen LogP contribution in [0.5, 0.6) is 0 Å². The minimum Gasteiger partial charge on any atom is -1.00 e. The lowest BCUT2D eigenvalue weighted by Crippen LogP contribution is -3.09. The van der Waals surface area contributed by atoms with Crippen molar-refractivity contribution < 1.29 is 26.8 Å². The smallest absolute Gasteiger partial charge is 0.338 e. The lowest BCUT2D eigenvalue weighted by atomic mass is 10.1. The second kappa shape index (κ2) is 10.8. The monoisotopic (exact) mass is 333 g/mol. The second-order valence-corrected chi connectivity index (χ2v) is 5.55. The molecular weight excluding hydrogens is 310 g/mol. The normalized spacial score (nSPS) is 11.3. The molecule has 0 aliphatic carbocycles. The fourth-order valence-corrected chi connectivity index (χ4v) is 2.32. The molecule has 0 bridgehead atoms. The molecule has 0 fully saturated rings. The van der Waals surface area contributed by atoms with E-state index in [1.807, 2.05) is 24.3 Å². The maximum atomic E-state index is 11.8. The Morgan fingerprint density at radius 1 is 0.957 bits per heavy atom. The lowest BCUT2D eigenvalue weighted by Gasteiger charge is -2.14. The standard InChI is InChI=1S/C19H23NO2.ClH/c1-20(15-13-17-9-4-2-5-10-17)14-8-16-22-19(21)18-11-6-3-7-12-18;/h2-7,9-12H,8,13-16H2,1H3;1H. The van der Waals surface area contributed by atoms with Crippen molar-refractivity contribution >= 4 is 5.97 Å². The number of carbonyl (C=O) groups excluding carboxylic acids is 1. The van der Waals surface area contributed by atoms with Gasteiger partial charge < -0.3 is 22.0 Å². The van der Waals surface area contributed by atoms with Gasteiger partial charge in [-0.2, -0.15) is 0 Å². The van der Waals surface area contributed by atoms with Gasteiger partial charge in [-0.1, -0.05) is 48.5 Å². The molecule has 1 N–H and O–H groups in total. The van der Waals surface area contributed by atoms with Gasteiger partial charge in [0, 0.05) is 12.8 Å². The van der Waals surface area contributed by atoms with Gasteiger partial charge >= 0.3 is 5.97 Å². The van der Waals surface area contributed by atoms with Crippen molar-refractivity contribution in [2.75, 3.05) is 26.7 Å². The molecule has 1 unspecified atom stereocenters. The number of carbonyl (C=O) groups is 1. The quantitative estimate of drug-likeness (QED) is 0.496. The Labute approximate surface area is 144 Å². The molecule has 2 aromatic carbocycles. The Hall–Kier alpha value is -1.84. The molecule has 0 saturated carbocycles. The molecule has 23 heavy (non-hydrogen) atoms. The second-order valence-electron chi connectivity index (χ2n) is 5.55. The van der Waals surface area contributed by atoms with Crippen molar-refractivity contribution in [1.29, 1.82) is 0 Å². The van der Waals surface area contributed by atoms with Gasteiger partial charge in [0.1, 0.15) is 0 Å². The molecule has 1 atom stereocenters. The Bertz CT molecular complexity index is 560. The Morgan fingerprint density at radius 3 is 2.22 bits per heavy atom. The van der Waals surface area contributed by atoms with Gasteiger partial charge in [0.2, 0.25) is 0 Å². The minimum atomic E-state index is -0.234. The van der Waals surface area contributed by atoms with Crippen molar-refractivity contribution in [2.45, 2.75) is 12.8 Å². The predicted molar refractivity (Wildman–Crippen MR) is 88.1 cm³/mol. The van der Waals surface area contributed by atoms with Crippen molar-refractivity contribution in [3.8, 4) is 0 Å². The van der Waals surface area contributed by atoms with Crippen LogP contribution < -0.4 is 17.3 Å². The van der Waals surface area contributed by atoms with E-state index >= 15 is 0 Å². The van der Waals surface area contributed by atoms with E-state index in [0.717, 1.165) is 25.9 Å². The Kier molecular flexibility index (Phi) is 9.03. The van der Waals surface area contributed by atoms with Gasteiger partial charge in [-0.25, -0.2) is 4.79 Å². The molecule has 0 aromatic heterocycles. The Balaban J connectivity index is 0.00000264. The molecule has 0 aliphatic rings. The molecule has 2 rings (SSSR count). The summed E-state index contributed by atoms with van der Waals surface area (Å²) in [6, 6.07) is 19.7. The van der Waals surface area contributed by atoms with E-state index in [-0.39, 0.29) is 18.4 Å². The molecule has 0 aliphatic heterocycles. The van der Waals surface area contributed by atoms with E-state index in [9.17, 15) is 4.79 Å². The van der Waals surface area contributed by atoms with E-state index < -0.39 is 0 Å². The van der Waals surface area contributed by atoms with Crippen molar-refractivity contribution in [2.24, 2.45) is 0 Å². The predicted octanol–water partition coefficient (Wildman–Crippen LogP) is -1.01. The number of esters is 1. The van der Waals surface area contributed by atoms with Gasteiger partial charge in [0.05, 0.1) is 32.3 Å². The van der Waals surface area contributed by atoms with Crippen LogP contribution in [0.2, 0.25) is 0 Å². The van der Waals surface area contributed by atoms with Crippen LogP contribution in [0.15, 0.2) is 60.7 Å². The molecule has 0 saturated heterocycles. The number of ether oxygens (including phenoxy) is 1. The Morgan fingerprint density at radius 2 is 1.57 bits per heavy atom. The third kappa shape index (κ3) is 7.31. The van der Waals surface area contributed by atoms with Gasteiger partial charge in [0.25, 0.3) is 0 Å². The van der Waals surface area contributed by atoms with Gasteiger partial charge in [-0.05, 0) is 17.7 Å². The summed E-state index contributed by atoms with van der Waals surface area (Å²) in [5, 5.41) is 0. The van der Waals surface area contributed by atoms with Crippen LogP contribution in [0.25, 0.3) is 0 Å². The average Bonchev–Trinajstić information content (AvgIpc) is 2.58.